The van der Waals surface area contributed by atoms with Crippen LogP contribution in [0, 0.1) is 0 Å². The van der Waals surface area contributed by atoms with Crippen LogP contribution in [-0.2, 0) is 9.09 Å². The van der Waals surface area contributed by atoms with Crippen LogP contribution >= 0.6 is 7.37 Å². The smallest absolute Gasteiger partial charge is 0.450 e. The minimum Gasteiger partial charge on any atom is -0.450 e. The van der Waals surface area contributed by atoms with E-state index < -0.39 is 13.5 Å². The predicted molar refractivity (Wildman–Crippen MR) is 53.3 cm³/mol. The molecule has 1 N–H and O–H groups in total. The van der Waals surface area contributed by atoms with Gasteiger partial charge in [0.15, 0.2) is 0 Å². The number of carbonyl (C=O) groups is 1. The highest BCUT2D eigenvalue weighted by molar-refractivity contribution is 7.67. The molecule has 0 amide bonds. The Bertz CT molecular complexity index is 360. The molecule has 1 unspecified atom stereocenters. The Balaban J connectivity index is 3.02. The third-order valence-corrected chi connectivity index (χ3v) is 4.16. The molecule has 0 aliphatic carbocycles. The first kappa shape index (κ1) is 10.8. The lowest BCUT2D eigenvalue weighted by atomic mass is 10.4. The minimum atomic E-state index is -3.21. The predicted octanol–water partition coefficient (Wildman–Crippen LogP) is 2.30. The largest absolute Gasteiger partial charge is 0.511 e. The molecule has 0 spiro atoms. The number of hydrogen-bond donors (Lipinski definition) is 1. The normalized spacial score (nSPS) is 14.4. The molecule has 0 aliphatic heterocycles. The SMILES string of the molecule is CCP(=O)(OC(=O)O)c1ccccc1. The van der Waals surface area contributed by atoms with Gasteiger partial charge in [-0.3, -0.25) is 4.57 Å². The summed E-state index contributed by atoms with van der Waals surface area (Å²) in [5, 5.41) is 8.88. The second-order valence-corrected chi connectivity index (χ2v) is 5.36. The number of hydrogen-bond acceptors (Lipinski definition) is 3. The zero-order chi connectivity index (χ0) is 10.6. The summed E-state index contributed by atoms with van der Waals surface area (Å²) in [4.78, 5) is 10.4. The number of rotatable bonds is 3. The van der Waals surface area contributed by atoms with Gasteiger partial charge in [0.2, 0.25) is 0 Å². The molecule has 0 fully saturated rings. The zero-order valence-electron chi connectivity index (χ0n) is 7.71. The van der Waals surface area contributed by atoms with Crippen molar-refractivity contribution in [1.29, 1.82) is 0 Å². The van der Waals surface area contributed by atoms with Gasteiger partial charge in [0, 0.05) is 11.5 Å². The maximum atomic E-state index is 12.0. The highest BCUT2D eigenvalue weighted by Gasteiger charge is 2.26. The average Bonchev–Trinajstić information content (AvgIpc) is 2.18. The summed E-state index contributed by atoms with van der Waals surface area (Å²) in [6, 6.07) is 8.37. The van der Waals surface area contributed by atoms with E-state index in [4.69, 9.17) is 5.11 Å². The first-order valence-corrected chi connectivity index (χ1v) is 5.96. The molecule has 0 aromatic heterocycles. The number of carboxylic acid groups (broad SMARTS) is 1. The van der Waals surface area contributed by atoms with Crippen molar-refractivity contribution in [2.24, 2.45) is 0 Å². The van der Waals surface area contributed by atoms with Crippen LogP contribution in [-0.4, -0.2) is 17.4 Å². The van der Waals surface area contributed by atoms with E-state index in [1.807, 2.05) is 0 Å². The third-order valence-electron chi connectivity index (χ3n) is 1.79. The van der Waals surface area contributed by atoms with Crippen molar-refractivity contribution in [2.45, 2.75) is 6.92 Å². The van der Waals surface area contributed by atoms with Gasteiger partial charge in [0.25, 0.3) is 7.37 Å². The van der Waals surface area contributed by atoms with Crippen molar-refractivity contribution < 1.29 is 19.0 Å². The Morgan fingerprint density at radius 2 is 2.00 bits per heavy atom. The zero-order valence-corrected chi connectivity index (χ0v) is 8.61. The summed E-state index contributed by atoms with van der Waals surface area (Å²) in [5.41, 5.74) is 0. The molecule has 0 radical (unpaired) electrons. The summed E-state index contributed by atoms with van der Waals surface area (Å²) < 4.78 is 16.4. The molecule has 0 bridgehead atoms. The molecule has 5 heteroatoms. The molecular formula is C9H11O4P. The lowest BCUT2D eigenvalue weighted by molar-refractivity contribution is 0.146. The van der Waals surface area contributed by atoms with Crippen molar-refractivity contribution in [3.63, 3.8) is 0 Å². The molecule has 0 saturated heterocycles. The molecule has 1 aromatic rings. The average molecular weight is 214 g/mol. The van der Waals surface area contributed by atoms with Crippen molar-refractivity contribution in [3.8, 4) is 0 Å². The van der Waals surface area contributed by atoms with Crippen LogP contribution in [0.2, 0.25) is 0 Å². The lowest BCUT2D eigenvalue weighted by Gasteiger charge is -2.14. The maximum absolute atomic E-state index is 12.0. The standard InChI is InChI=1S/C9H11O4P/c1-2-14(12,13-9(10)11)8-6-4-3-5-7-8/h3-7H,2H2,1H3,(H,10,11). The van der Waals surface area contributed by atoms with Gasteiger partial charge in [-0.15, -0.1) is 0 Å². The van der Waals surface area contributed by atoms with E-state index in [0.717, 1.165) is 0 Å². The highest BCUT2D eigenvalue weighted by atomic mass is 31.2. The minimum absolute atomic E-state index is 0.170. The molecule has 14 heavy (non-hydrogen) atoms. The lowest BCUT2D eigenvalue weighted by Crippen LogP contribution is -2.11. The molecule has 76 valence electrons. The Kier molecular flexibility index (Phi) is 3.31. The van der Waals surface area contributed by atoms with E-state index in [2.05, 4.69) is 4.52 Å². The first-order valence-electron chi connectivity index (χ1n) is 4.15. The van der Waals surface area contributed by atoms with Gasteiger partial charge in [-0.25, -0.2) is 4.79 Å². The topological polar surface area (TPSA) is 63.6 Å². The van der Waals surface area contributed by atoms with Crippen LogP contribution in [0.15, 0.2) is 30.3 Å². The summed E-state index contributed by atoms with van der Waals surface area (Å²) in [5.74, 6) is 0. The molecule has 1 aromatic carbocycles. The van der Waals surface area contributed by atoms with Gasteiger partial charge in [0.05, 0.1) is 0 Å². The molecule has 1 atom stereocenters. The fourth-order valence-electron chi connectivity index (χ4n) is 1.08. The van der Waals surface area contributed by atoms with Crippen LogP contribution in [0.3, 0.4) is 0 Å². The monoisotopic (exact) mass is 214 g/mol. The van der Waals surface area contributed by atoms with E-state index in [1.165, 1.54) is 0 Å². The fourth-order valence-corrected chi connectivity index (χ4v) is 2.56. The molecule has 0 saturated carbocycles. The second-order valence-electron chi connectivity index (χ2n) is 2.68. The number of benzene rings is 1. The molecule has 0 heterocycles. The summed E-state index contributed by atoms with van der Waals surface area (Å²) >= 11 is 0. The maximum Gasteiger partial charge on any atom is 0.511 e. The van der Waals surface area contributed by atoms with Gasteiger partial charge in [0.1, 0.15) is 0 Å². The Morgan fingerprint density at radius 3 is 2.43 bits per heavy atom. The van der Waals surface area contributed by atoms with Crippen LogP contribution in [0.25, 0.3) is 0 Å². The van der Waals surface area contributed by atoms with E-state index in [0.29, 0.717) is 5.30 Å². The highest BCUT2D eigenvalue weighted by Crippen LogP contribution is 2.45. The molecule has 4 nitrogen and oxygen atoms in total. The van der Waals surface area contributed by atoms with Gasteiger partial charge < -0.3 is 9.63 Å². The van der Waals surface area contributed by atoms with E-state index in [9.17, 15) is 9.36 Å². The van der Waals surface area contributed by atoms with E-state index in [-0.39, 0.29) is 6.16 Å². The van der Waals surface area contributed by atoms with Gasteiger partial charge in [-0.05, 0) is 12.1 Å². The summed E-state index contributed by atoms with van der Waals surface area (Å²) in [6.07, 6.45) is -1.33. The summed E-state index contributed by atoms with van der Waals surface area (Å²) in [7, 11) is -3.21. The van der Waals surface area contributed by atoms with E-state index >= 15 is 0 Å². The van der Waals surface area contributed by atoms with Crippen LogP contribution in [0.1, 0.15) is 6.92 Å². The Morgan fingerprint density at radius 1 is 1.43 bits per heavy atom. The second kappa shape index (κ2) is 4.29. The molecule has 1 rings (SSSR count). The van der Waals surface area contributed by atoms with Crippen molar-refractivity contribution >= 4 is 18.8 Å². The first-order chi connectivity index (χ1) is 6.58. The van der Waals surface area contributed by atoms with Gasteiger partial charge in [-0.1, -0.05) is 25.1 Å². The van der Waals surface area contributed by atoms with Crippen molar-refractivity contribution in [2.75, 3.05) is 6.16 Å². The Hall–Kier alpha value is -1.28. The fraction of sp³-hybridized carbons (Fsp3) is 0.222. The molecular weight excluding hydrogens is 203 g/mol. The molecule has 0 aliphatic rings. The van der Waals surface area contributed by atoms with Crippen LogP contribution in [0.4, 0.5) is 4.79 Å². The third kappa shape index (κ3) is 2.36. The van der Waals surface area contributed by atoms with E-state index in [1.54, 1.807) is 37.3 Å². The van der Waals surface area contributed by atoms with Crippen molar-refractivity contribution in [3.05, 3.63) is 30.3 Å². The van der Waals surface area contributed by atoms with Crippen LogP contribution in [0.5, 0.6) is 0 Å². The quantitative estimate of drug-likeness (QED) is 0.784. The van der Waals surface area contributed by atoms with Gasteiger partial charge in [-0.2, -0.15) is 0 Å². The Labute approximate surface area is 82.0 Å². The van der Waals surface area contributed by atoms with Crippen molar-refractivity contribution in [1.82, 2.24) is 0 Å². The van der Waals surface area contributed by atoms with Gasteiger partial charge >= 0.3 is 6.16 Å². The van der Waals surface area contributed by atoms with Crippen LogP contribution < -0.4 is 5.30 Å². The summed E-state index contributed by atoms with van der Waals surface area (Å²) in [6.45, 7) is 1.64.